The van der Waals surface area contributed by atoms with E-state index in [9.17, 15) is 9.90 Å². The standard InChI is InChI=1S/C12H16N2O2.ClH/c13-9-4-3-7-14(8-9)12(16)10-5-1-2-6-11(10)15;/h1-2,5-6,9,15H,3-4,7-8,13H2;1H/t9-;/m1./s1. The number of phenols is 1. The molecule has 1 aromatic carbocycles. The number of aromatic hydroxyl groups is 1. The van der Waals surface area contributed by atoms with Gasteiger partial charge in [0.2, 0.25) is 0 Å². The van der Waals surface area contributed by atoms with Gasteiger partial charge in [0.1, 0.15) is 5.75 Å². The van der Waals surface area contributed by atoms with Crippen LogP contribution in [0.4, 0.5) is 0 Å². The Labute approximate surface area is 107 Å². The van der Waals surface area contributed by atoms with Gasteiger partial charge in [-0.25, -0.2) is 0 Å². The van der Waals surface area contributed by atoms with Gasteiger partial charge in [-0.3, -0.25) is 4.79 Å². The predicted octanol–water partition coefficient (Wildman–Crippen LogP) is 1.38. The summed E-state index contributed by atoms with van der Waals surface area (Å²) < 4.78 is 0. The molecule has 0 spiro atoms. The normalized spacial score (nSPS) is 19.6. The van der Waals surface area contributed by atoms with E-state index in [1.54, 1.807) is 23.1 Å². The van der Waals surface area contributed by atoms with E-state index < -0.39 is 0 Å². The molecule has 0 aliphatic carbocycles. The molecular formula is C12H17ClN2O2. The maximum absolute atomic E-state index is 12.1. The van der Waals surface area contributed by atoms with Gasteiger partial charge in [-0.1, -0.05) is 12.1 Å². The number of benzene rings is 1. The highest BCUT2D eigenvalue weighted by atomic mass is 35.5. The fraction of sp³-hybridized carbons (Fsp3) is 0.417. The second-order valence-corrected chi connectivity index (χ2v) is 4.17. The highest BCUT2D eigenvalue weighted by Gasteiger charge is 2.23. The third-order valence-corrected chi connectivity index (χ3v) is 2.88. The number of para-hydroxylation sites is 1. The number of hydrogen-bond acceptors (Lipinski definition) is 3. The van der Waals surface area contributed by atoms with Gasteiger partial charge in [-0.15, -0.1) is 12.4 Å². The second kappa shape index (κ2) is 5.89. The largest absolute Gasteiger partial charge is 0.507 e. The van der Waals surface area contributed by atoms with E-state index in [0.29, 0.717) is 12.1 Å². The number of piperidine rings is 1. The van der Waals surface area contributed by atoms with Gasteiger partial charge in [0.15, 0.2) is 0 Å². The summed E-state index contributed by atoms with van der Waals surface area (Å²) in [5.41, 5.74) is 6.18. The lowest BCUT2D eigenvalue weighted by Gasteiger charge is -2.30. The lowest BCUT2D eigenvalue weighted by atomic mass is 10.1. The summed E-state index contributed by atoms with van der Waals surface area (Å²) in [6.45, 7) is 1.30. The number of amides is 1. The van der Waals surface area contributed by atoms with Gasteiger partial charge in [-0.2, -0.15) is 0 Å². The molecule has 1 saturated heterocycles. The second-order valence-electron chi connectivity index (χ2n) is 4.17. The zero-order valence-corrected chi connectivity index (χ0v) is 10.3. The molecule has 5 heteroatoms. The summed E-state index contributed by atoms with van der Waals surface area (Å²) in [5.74, 6) is -0.0973. The molecule has 1 heterocycles. The lowest BCUT2D eigenvalue weighted by molar-refractivity contribution is 0.0706. The van der Waals surface area contributed by atoms with Crippen LogP contribution in [0.15, 0.2) is 24.3 Å². The molecule has 94 valence electrons. The first-order valence-electron chi connectivity index (χ1n) is 5.51. The van der Waals surface area contributed by atoms with Crippen molar-refractivity contribution in [3.63, 3.8) is 0 Å². The van der Waals surface area contributed by atoms with Crippen LogP contribution < -0.4 is 5.73 Å². The molecule has 3 N–H and O–H groups in total. The van der Waals surface area contributed by atoms with Crippen LogP contribution in [-0.4, -0.2) is 35.0 Å². The van der Waals surface area contributed by atoms with Crippen molar-refractivity contribution in [2.75, 3.05) is 13.1 Å². The average Bonchev–Trinajstić information content (AvgIpc) is 2.29. The molecule has 1 atom stereocenters. The number of halogens is 1. The molecule has 2 rings (SSSR count). The highest BCUT2D eigenvalue weighted by molar-refractivity contribution is 5.96. The van der Waals surface area contributed by atoms with Crippen molar-refractivity contribution in [3.8, 4) is 5.75 Å². The topological polar surface area (TPSA) is 66.6 Å². The van der Waals surface area contributed by atoms with Crippen LogP contribution in [0, 0.1) is 0 Å². The van der Waals surface area contributed by atoms with E-state index in [1.807, 2.05) is 0 Å². The van der Waals surface area contributed by atoms with Crippen molar-refractivity contribution in [1.29, 1.82) is 0 Å². The number of hydrogen-bond donors (Lipinski definition) is 2. The van der Waals surface area contributed by atoms with Gasteiger partial charge in [0.05, 0.1) is 5.56 Å². The molecule has 1 aromatic rings. The van der Waals surface area contributed by atoms with E-state index in [0.717, 1.165) is 19.4 Å². The summed E-state index contributed by atoms with van der Waals surface area (Å²) in [6.07, 6.45) is 1.89. The quantitative estimate of drug-likeness (QED) is 0.798. The van der Waals surface area contributed by atoms with Crippen LogP contribution in [-0.2, 0) is 0 Å². The fourth-order valence-corrected chi connectivity index (χ4v) is 2.02. The highest BCUT2D eigenvalue weighted by Crippen LogP contribution is 2.19. The van der Waals surface area contributed by atoms with Crippen molar-refractivity contribution >= 4 is 18.3 Å². The molecule has 0 saturated carbocycles. The first kappa shape index (κ1) is 13.8. The number of carbonyl (C=O) groups excluding carboxylic acids is 1. The van der Waals surface area contributed by atoms with Crippen molar-refractivity contribution in [2.45, 2.75) is 18.9 Å². The zero-order valence-electron chi connectivity index (χ0n) is 9.50. The molecule has 1 fully saturated rings. The molecule has 1 amide bonds. The number of nitrogens with two attached hydrogens (primary N) is 1. The Morgan fingerprint density at radius 2 is 2.12 bits per heavy atom. The first-order valence-corrected chi connectivity index (χ1v) is 5.51. The van der Waals surface area contributed by atoms with Crippen LogP contribution in [0.5, 0.6) is 5.75 Å². The fourth-order valence-electron chi connectivity index (χ4n) is 2.02. The molecule has 0 radical (unpaired) electrons. The summed E-state index contributed by atoms with van der Waals surface area (Å²) in [4.78, 5) is 13.8. The van der Waals surface area contributed by atoms with Crippen LogP contribution in [0.25, 0.3) is 0 Å². The molecule has 0 unspecified atom stereocenters. The van der Waals surface area contributed by atoms with Gasteiger partial charge in [-0.05, 0) is 25.0 Å². The minimum atomic E-state index is -0.131. The molecule has 0 aromatic heterocycles. The molecule has 1 aliphatic rings. The lowest BCUT2D eigenvalue weighted by Crippen LogP contribution is -2.45. The van der Waals surface area contributed by atoms with Crippen molar-refractivity contribution in [3.05, 3.63) is 29.8 Å². The summed E-state index contributed by atoms with van der Waals surface area (Å²) >= 11 is 0. The number of likely N-dealkylation sites (tertiary alicyclic amines) is 1. The maximum atomic E-state index is 12.1. The van der Waals surface area contributed by atoms with Crippen molar-refractivity contribution < 1.29 is 9.90 Å². The number of carbonyl (C=O) groups is 1. The summed E-state index contributed by atoms with van der Waals surface area (Å²) in [5, 5.41) is 9.60. The average molecular weight is 257 g/mol. The van der Waals surface area contributed by atoms with Crippen LogP contribution in [0.3, 0.4) is 0 Å². The van der Waals surface area contributed by atoms with Crippen LogP contribution in [0.1, 0.15) is 23.2 Å². The smallest absolute Gasteiger partial charge is 0.257 e. The predicted molar refractivity (Wildman–Crippen MR) is 68.5 cm³/mol. The number of phenolic OH excluding ortho intramolecular Hbond substituents is 1. The van der Waals surface area contributed by atoms with Gasteiger partial charge >= 0.3 is 0 Å². The Morgan fingerprint density at radius 1 is 1.41 bits per heavy atom. The Balaban J connectivity index is 0.00000144. The van der Waals surface area contributed by atoms with Crippen LogP contribution in [0.2, 0.25) is 0 Å². The van der Waals surface area contributed by atoms with E-state index in [4.69, 9.17) is 5.73 Å². The summed E-state index contributed by atoms with van der Waals surface area (Å²) in [6, 6.07) is 6.67. The Bertz CT molecular complexity index is 398. The van der Waals surface area contributed by atoms with E-state index in [2.05, 4.69) is 0 Å². The van der Waals surface area contributed by atoms with Crippen molar-refractivity contribution in [2.24, 2.45) is 5.73 Å². The molecule has 0 bridgehead atoms. The van der Waals surface area contributed by atoms with Gasteiger partial charge < -0.3 is 15.7 Å². The monoisotopic (exact) mass is 256 g/mol. The Kier molecular flexibility index (Phi) is 4.78. The number of nitrogens with zero attached hydrogens (tertiary/aromatic N) is 1. The van der Waals surface area contributed by atoms with E-state index in [-0.39, 0.29) is 30.1 Å². The molecule has 4 nitrogen and oxygen atoms in total. The van der Waals surface area contributed by atoms with Gasteiger partial charge in [0, 0.05) is 19.1 Å². The Hall–Kier alpha value is -1.26. The minimum Gasteiger partial charge on any atom is -0.507 e. The van der Waals surface area contributed by atoms with E-state index in [1.165, 1.54) is 6.07 Å². The maximum Gasteiger partial charge on any atom is 0.257 e. The SMILES string of the molecule is Cl.N[C@@H]1CCCN(C(=O)c2ccccc2O)C1. The zero-order chi connectivity index (χ0) is 11.5. The molecular weight excluding hydrogens is 240 g/mol. The number of rotatable bonds is 1. The summed E-state index contributed by atoms with van der Waals surface area (Å²) in [7, 11) is 0. The third-order valence-electron chi connectivity index (χ3n) is 2.88. The molecule has 17 heavy (non-hydrogen) atoms. The van der Waals surface area contributed by atoms with E-state index >= 15 is 0 Å². The molecule has 1 aliphatic heterocycles. The van der Waals surface area contributed by atoms with Gasteiger partial charge in [0.25, 0.3) is 5.91 Å². The first-order chi connectivity index (χ1) is 7.68. The third kappa shape index (κ3) is 3.11. The Morgan fingerprint density at radius 3 is 2.76 bits per heavy atom. The van der Waals surface area contributed by atoms with Crippen LogP contribution >= 0.6 is 12.4 Å². The minimum absolute atomic E-state index is 0. The van der Waals surface area contributed by atoms with Crippen molar-refractivity contribution in [1.82, 2.24) is 4.90 Å².